The van der Waals surface area contributed by atoms with Crippen LogP contribution >= 0.6 is 24.0 Å². The molecule has 2 aromatic carbocycles. The third-order valence-corrected chi connectivity index (χ3v) is 4.61. The quantitative estimate of drug-likeness (QED) is 0.498. The summed E-state index contributed by atoms with van der Waals surface area (Å²) in [6.07, 6.45) is 4.71. The van der Waals surface area contributed by atoms with Crippen LogP contribution in [0.25, 0.3) is 12.2 Å². The van der Waals surface area contributed by atoms with Crippen LogP contribution in [0.4, 0.5) is 4.39 Å². The van der Waals surface area contributed by atoms with Crippen molar-refractivity contribution in [2.24, 2.45) is 0 Å². The summed E-state index contributed by atoms with van der Waals surface area (Å²) in [5.74, 6) is -1.13. The van der Waals surface area contributed by atoms with E-state index in [9.17, 15) is 14.0 Å². The molecule has 0 saturated carbocycles. The molecule has 0 spiro atoms. The van der Waals surface area contributed by atoms with Crippen LogP contribution in [0.2, 0.25) is 0 Å². The third-order valence-electron chi connectivity index (χ3n) is 3.44. The second kappa shape index (κ2) is 7.55. The molecule has 0 unspecified atom stereocenters. The van der Waals surface area contributed by atoms with E-state index in [4.69, 9.17) is 12.2 Å². The molecule has 1 saturated heterocycles. The number of rotatable bonds is 4. The highest BCUT2D eigenvalue weighted by Crippen LogP contribution is 2.25. The van der Waals surface area contributed by atoms with E-state index in [1.165, 1.54) is 30.0 Å². The molecule has 3 nitrogen and oxygen atoms in total. The summed E-state index contributed by atoms with van der Waals surface area (Å²) in [7, 11) is 0. The van der Waals surface area contributed by atoms with Crippen molar-refractivity contribution in [2.75, 3.05) is 0 Å². The molecule has 3 rings (SSSR count). The third kappa shape index (κ3) is 4.29. The SMILES string of the molecule is O=C1NC(=S)S/C1=C/c1ccc(/C=C/C(=O)c2ccccc2F)cc1. The molecule has 1 fully saturated rings. The Bertz CT molecular complexity index is 917. The number of halogens is 1. The Labute approximate surface area is 153 Å². The number of allylic oxidation sites excluding steroid dienone is 1. The van der Waals surface area contributed by atoms with Crippen molar-refractivity contribution >= 4 is 52.1 Å². The molecule has 1 amide bonds. The number of hydrogen-bond acceptors (Lipinski definition) is 4. The van der Waals surface area contributed by atoms with Crippen LogP contribution in [-0.4, -0.2) is 16.0 Å². The van der Waals surface area contributed by atoms with Gasteiger partial charge in [0.2, 0.25) is 0 Å². The van der Waals surface area contributed by atoms with E-state index in [0.717, 1.165) is 11.1 Å². The fraction of sp³-hybridized carbons (Fsp3) is 0. The van der Waals surface area contributed by atoms with Crippen LogP contribution in [0.3, 0.4) is 0 Å². The highest BCUT2D eigenvalue weighted by Gasteiger charge is 2.21. The number of ketones is 1. The molecule has 0 bridgehead atoms. The minimum absolute atomic E-state index is 0.0420. The van der Waals surface area contributed by atoms with Gasteiger partial charge in [-0.25, -0.2) is 4.39 Å². The monoisotopic (exact) mass is 369 g/mol. The summed E-state index contributed by atoms with van der Waals surface area (Å²) < 4.78 is 14.0. The molecule has 1 heterocycles. The van der Waals surface area contributed by atoms with E-state index in [1.54, 1.807) is 24.3 Å². The number of amides is 1. The Morgan fingerprint density at radius 3 is 2.40 bits per heavy atom. The Morgan fingerprint density at radius 2 is 1.76 bits per heavy atom. The first-order chi connectivity index (χ1) is 12.0. The van der Waals surface area contributed by atoms with Crippen molar-refractivity contribution in [3.8, 4) is 0 Å². The zero-order valence-electron chi connectivity index (χ0n) is 12.9. The number of thiocarbonyl (C=S) groups is 1. The molecule has 0 atom stereocenters. The number of carbonyl (C=O) groups excluding carboxylic acids is 2. The smallest absolute Gasteiger partial charge is 0.263 e. The first kappa shape index (κ1) is 17.3. The number of hydrogen-bond donors (Lipinski definition) is 1. The van der Waals surface area contributed by atoms with Gasteiger partial charge in [0.05, 0.1) is 10.5 Å². The molecule has 1 N–H and O–H groups in total. The fourth-order valence-corrected chi connectivity index (χ4v) is 3.24. The van der Waals surface area contributed by atoms with Crippen LogP contribution in [0.5, 0.6) is 0 Å². The number of carbonyl (C=O) groups is 2. The fourth-order valence-electron chi connectivity index (χ4n) is 2.20. The van der Waals surface area contributed by atoms with Gasteiger partial charge >= 0.3 is 0 Å². The van der Waals surface area contributed by atoms with Gasteiger partial charge in [-0.1, -0.05) is 66.5 Å². The average molecular weight is 369 g/mol. The Morgan fingerprint density at radius 1 is 1.08 bits per heavy atom. The van der Waals surface area contributed by atoms with Crippen molar-refractivity contribution in [1.82, 2.24) is 5.32 Å². The summed E-state index contributed by atoms with van der Waals surface area (Å²) in [5.41, 5.74) is 1.69. The summed E-state index contributed by atoms with van der Waals surface area (Å²) in [5, 5.41) is 2.56. The predicted molar refractivity (Wildman–Crippen MR) is 103 cm³/mol. The van der Waals surface area contributed by atoms with Crippen LogP contribution in [-0.2, 0) is 4.79 Å². The zero-order valence-corrected chi connectivity index (χ0v) is 14.5. The van der Waals surface area contributed by atoms with Gasteiger partial charge in [0.25, 0.3) is 5.91 Å². The second-order valence-electron chi connectivity index (χ2n) is 5.20. The maximum absolute atomic E-state index is 13.6. The molecule has 0 radical (unpaired) electrons. The molecule has 124 valence electrons. The van der Waals surface area contributed by atoms with Crippen molar-refractivity contribution in [1.29, 1.82) is 0 Å². The molecule has 1 aliphatic heterocycles. The Hall–Kier alpha value is -2.57. The topological polar surface area (TPSA) is 46.2 Å². The highest BCUT2D eigenvalue weighted by molar-refractivity contribution is 8.26. The van der Waals surface area contributed by atoms with Crippen molar-refractivity contribution in [2.45, 2.75) is 0 Å². The first-order valence-electron chi connectivity index (χ1n) is 7.35. The standard InChI is InChI=1S/C19H12FNO2S2/c20-15-4-2-1-3-14(15)16(22)10-9-12-5-7-13(8-6-12)11-17-18(23)21-19(24)25-17/h1-11H,(H,21,23,24)/b10-9+,17-11+. The molecular formula is C19H12FNO2S2. The molecule has 2 aromatic rings. The van der Waals surface area contributed by atoms with Crippen molar-refractivity contribution in [3.05, 3.63) is 82.0 Å². The second-order valence-corrected chi connectivity index (χ2v) is 6.92. The predicted octanol–water partition coefficient (Wildman–Crippen LogP) is 4.21. The van der Waals surface area contributed by atoms with Gasteiger partial charge in [-0.2, -0.15) is 0 Å². The minimum Gasteiger partial charge on any atom is -0.307 e. The van der Waals surface area contributed by atoms with Gasteiger partial charge in [0, 0.05) is 0 Å². The van der Waals surface area contributed by atoms with Crippen LogP contribution in [0, 0.1) is 5.82 Å². The van der Waals surface area contributed by atoms with Crippen LogP contribution < -0.4 is 5.32 Å². The summed E-state index contributed by atoms with van der Waals surface area (Å²) >= 11 is 6.16. The lowest BCUT2D eigenvalue weighted by atomic mass is 10.1. The summed E-state index contributed by atoms with van der Waals surface area (Å²) in [6, 6.07) is 13.2. The van der Waals surface area contributed by atoms with Crippen molar-refractivity contribution < 1.29 is 14.0 Å². The largest absolute Gasteiger partial charge is 0.307 e. The first-order valence-corrected chi connectivity index (χ1v) is 8.57. The highest BCUT2D eigenvalue weighted by atomic mass is 32.2. The number of nitrogens with one attached hydrogen (secondary N) is 1. The van der Waals surface area contributed by atoms with E-state index in [1.807, 2.05) is 24.3 Å². The van der Waals surface area contributed by atoms with Crippen molar-refractivity contribution in [3.63, 3.8) is 0 Å². The van der Waals surface area contributed by atoms with Gasteiger partial charge in [-0.3, -0.25) is 9.59 Å². The van der Waals surface area contributed by atoms with Gasteiger partial charge in [0.15, 0.2) is 5.78 Å². The van der Waals surface area contributed by atoms with E-state index in [0.29, 0.717) is 9.23 Å². The van der Waals surface area contributed by atoms with E-state index >= 15 is 0 Å². The van der Waals surface area contributed by atoms with Crippen LogP contribution in [0.1, 0.15) is 21.5 Å². The minimum atomic E-state index is -0.538. The van der Waals surface area contributed by atoms with Crippen LogP contribution in [0.15, 0.2) is 59.5 Å². The molecule has 0 aliphatic carbocycles. The molecule has 0 aromatic heterocycles. The number of benzene rings is 2. The molecule has 6 heteroatoms. The van der Waals surface area contributed by atoms with E-state index < -0.39 is 11.6 Å². The van der Waals surface area contributed by atoms with Gasteiger partial charge in [0.1, 0.15) is 10.1 Å². The van der Waals surface area contributed by atoms with Gasteiger partial charge in [-0.05, 0) is 35.4 Å². The summed E-state index contributed by atoms with van der Waals surface area (Å²) in [4.78, 5) is 24.2. The summed E-state index contributed by atoms with van der Waals surface area (Å²) in [6.45, 7) is 0. The average Bonchev–Trinajstić information content (AvgIpc) is 2.91. The normalized spacial score (nSPS) is 15.8. The maximum atomic E-state index is 13.6. The molecule has 1 aliphatic rings. The lowest BCUT2D eigenvalue weighted by molar-refractivity contribution is -0.115. The zero-order chi connectivity index (χ0) is 17.8. The van der Waals surface area contributed by atoms with Gasteiger partial charge in [-0.15, -0.1) is 0 Å². The lowest BCUT2D eigenvalue weighted by Crippen LogP contribution is -2.17. The van der Waals surface area contributed by atoms with E-state index in [-0.39, 0.29) is 11.5 Å². The maximum Gasteiger partial charge on any atom is 0.263 e. The molecular weight excluding hydrogens is 357 g/mol. The number of thioether (sulfide) groups is 1. The Kier molecular flexibility index (Phi) is 5.21. The van der Waals surface area contributed by atoms with Gasteiger partial charge < -0.3 is 5.32 Å². The Balaban J connectivity index is 1.72. The molecule has 25 heavy (non-hydrogen) atoms. The van der Waals surface area contributed by atoms with E-state index in [2.05, 4.69) is 5.32 Å². The lowest BCUT2D eigenvalue weighted by Gasteiger charge is -1.99.